The van der Waals surface area contributed by atoms with Gasteiger partial charge in [0.1, 0.15) is 11.6 Å². The minimum atomic E-state index is -0.0129. The first-order valence-corrected chi connectivity index (χ1v) is 8.75. The SMILES string of the molecule is CC(C)(C)c1nccc(N2C3CC2CN(Cc2ccccn2)C3)n1. The van der Waals surface area contributed by atoms with Crippen LogP contribution < -0.4 is 4.90 Å². The molecule has 5 nitrogen and oxygen atoms in total. The predicted molar refractivity (Wildman–Crippen MR) is 94.9 cm³/mol. The molecule has 0 spiro atoms. The van der Waals surface area contributed by atoms with Crippen LogP contribution in [0.1, 0.15) is 38.7 Å². The molecule has 3 saturated heterocycles. The van der Waals surface area contributed by atoms with Gasteiger partial charge >= 0.3 is 0 Å². The highest BCUT2D eigenvalue weighted by Gasteiger charge is 2.45. The molecule has 3 aliphatic heterocycles. The van der Waals surface area contributed by atoms with Gasteiger partial charge in [0.2, 0.25) is 0 Å². The van der Waals surface area contributed by atoms with Crippen molar-refractivity contribution in [3.8, 4) is 0 Å². The summed E-state index contributed by atoms with van der Waals surface area (Å²) < 4.78 is 0. The lowest BCUT2D eigenvalue weighted by atomic mass is 9.87. The van der Waals surface area contributed by atoms with Crippen molar-refractivity contribution in [3.63, 3.8) is 0 Å². The van der Waals surface area contributed by atoms with Crippen molar-refractivity contribution in [2.24, 2.45) is 0 Å². The molecule has 0 N–H and O–H groups in total. The molecule has 0 radical (unpaired) electrons. The quantitative estimate of drug-likeness (QED) is 0.869. The normalized spacial score (nSPS) is 23.9. The van der Waals surface area contributed by atoms with E-state index in [0.29, 0.717) is 12.1 Å². The van der Waals surface area contributed by atoms with Crippen molar-refractivity contribution in [2.45, 2.75) is 51.2 Å². The average molecular weight is 323 g/mol. The van der Waals surface area contributed by atoms with Crippen molar-refractivity contribution in [1.82, 2.24) is 19.9 Å². The number of pyridine rings is 1. The van der Waals surface area contributed by atoms with Gasteiger partial charge in [-0.15, -0.1) is 0 Å². The second kappa shape index (κ2) is 5.81. The minimum absolute atomic E-state index is 0.0129. The number of anilines is 1. The number of piperazine rings is 1. The second-order valence-corrected chi connectivity index (χ2v) is 7.95. The summed E-state index contributed by atoms with van der Waals surface area (Å²) in [5.74, 6) is 2.02. The highest BCUT2D eigenvalue weighted by Crippen LogP contribution is 2.36. The molecule has 5 heteroatoms. The Labute approximate surface area is 143 Å². The lowest BCUT2D eigenvalue weighted by Gasteiger charge is -2.57. The fourth-order valence-electron chi connectivity index (χ4n) is 3.78. The number of fused-ring (bicyclic) bond motifs is 2. The van der Waals surface area contributed by atoms with Gasteiger partial charge in [-0.1, -0.05) is 26.8 Å². The molecule has 0 saturated carbocycles. The number of nitrogens with zero attached hydrogens (tertiary/aromatic N) is 5. The third kappa shape index (κ3) is 2.88. The van der Waals surface area contributed by atoms with Crippen LogP contribution in [-0.2, 0) is 12.0 Å². The van der Waals surface area contributed by atoms with E-state index in [2.05, 4.69) is 58.7 Å². The molecule has 0 aromatic carbocycles. The molecular weight excluding hydrogens is 298 g/mol. The van der Waals surface area contributed by atoms with Gasteiger partial charge in [-0.3, -0.25) is 9.88 Å². The molecule has 2 unspecified atom stereocenters. The summed E-state index contributed by atoms with van der Waals surface area (Å²) in [5.41, 5.74) is 1.14. The molecule has 2 aromatic heterocycles. The van der Waals surface area contributed by atoms with Gasteiger partial charge < -0.3 is 4.90 Å². The third-order valence-corrected chi connectivity index (χ3v) is 4.96. The molecule has 3 fully saturated rings. The summed E-state index contributed by atoms with van der Waals surface area (Å²) in [4.78, 5) is 18.8. The van der Waals surface area contributed by atoms with E-state index >= 15 is 0 Å². The fraction of sp³-hybridized carbons (Fsp3) is 0.526. The Kier molecular flexibility index (Phi) is 3.76. The molecular formula is C19H25N5. The molecule has 0 aliphatic carbocycles. The zero-order valence-corrected chi connectivity index (χ0v) is 14.7. The standard InChI is InChI=1S/C19H25N5/c1-19(2,3)18-21-9-7-17(22-18)24-15-10-16(24)13-23(12-15)11-14-6-4-5-8-20-14/h4-9,15-16H,10-13H2,1-3H3. The maximum atomic E-state index is 4.84. The lowest BCUT2D eigenvalue weighted by molar-refractivity contribution is 0.106. The monoisotopic (exact) mass is 323 g/mol. The third-order valence-electron chi connectivity index (χ3n) is 4.96. The van der Waals surface area contributed by atoms with Crippen molar-refractivity contribution >= 4 is 5.82 Å². The molecule has 24 heavy (non-hydrogen) atoms. The first kappa shape index (κ1) is 15.5. The van der Waals surface area contributed by atoms with E-state index in [1.54, 1.807) is 0 Å². The summed E-state index contributed by atoms with van der Waals surface area (Å²) in [6, 6.07) is 9.33. The fourth-order valence-corrected chi connectivity index (χ4v) is 3.78. The molecule has 2 aromatic rings. The predicted octanol–water partition coefficient (Wildman–Crippen LogP) is 2.63. The van der Waals surface area contributed by atoms with E-state index in [9.17, 15) is 0 Å². The first-order valence-electron chi connectivity index (χ1n) is 8.75. The van der Waals surface area contributed by atoms with Crippen LogP contribution in [0.2, 0.25) is 0 Å². The maximum Gasteiger partial charge on any atom is 0.135 e. The van der Waals surface area contributed by atoms with Crippen LogP contribution in [0.15, 0.2) is 36.7 Å². The van der Waals surface area contributed by atoms with Crippen LogP contribution >= 0.6 is 0 Å². The largest absolute Gasteiger partial charge is 0.348 e. The Morgan fingerprint density at radius 3 is 2.50 bits per heavy atom. The second-order valence-electron chi connectivity index (χ2n) is 7.95. The van der Waals surface area contributed by atoms with Gasteiger partial charge in [-0.05, 0) is 24.6 Å². The van der Waals surface area contributed by atoms with Gasteiger partial charge in [0, 0.05) is 49.5 Å². The number of hydrogen-bond acceptors (Lipinski definition) is 5. The Balaban J connectivity index is 1.46. The van der Waals surface area contributed by atoms with Gasteiger partial charge in [0.05, 0.1) is 5.69 Å². The summed E-state index contributed by atoms with van der Waals surface area (Å²) >= 11 is 0. The smallest absolute Gasteiger partial charge is 0.135 e. The molecule has 5 rings (SSSR count). The van der Waals surface area contributed by atoms with E-state index < -0.39 is 0 Å². The minimum Gasteiger partial charge on any atom is -0.348 e. The van der Waals surface area contributed by atoms with Gasteiger partial charge in [-0.25, -0.2) is 9.97 Å². The molecule has 5 heterocycles. The van der Waals surface area contributed by atoms with Crippen molar-refractivity contribution < 1.29 is 0 Å². The summed E-state index contributed by atoms with van der Waals surface area (Å²) in [5, 5.41) is 0. The van der Waals surface area contributed by atoms with E-state index in [1.165, 1.54) is 6.42 Å². The molecule has 2 atom stereocenters. The zero-order valence-electron chi connectivity index (χ0n) is 14.7. The van der Waals surface area contributed by atoms with Crippen molar-refractivity contribution in [2.75, 3.05) is 18.0 Å². The Hall–Kier alpha value is -2.01. The van der Waals surface area contributed by atoms with Crippen molar-refractivity contribution in [1.29, 1.82) is 0 Å². The van der Waals surface area contributed by atoms with E-state index in [1.807, 2.05) is 18.5 Å². The summed E-state index contributed by atoms with van der Waals surface area (Å²) in [6.45, 7) is 9.61. The van der Waals surface area contributed by atoms with Crippen LogP contribution in [0.3, 0.4) is 0 Å². The Morgan fingerprint density at radius 2 is 1.83 bits per heavy atom. The van der Waals surface area contributed by atoms with E-state index in [-0.39, 0.29) is 5.41 Å². The Bertz CT molecular complexity index is 697. The number of piperidine rings is 1. The topological polar surface area (TPSA) is 45.2 Å². The highest BCUT2D eigenvalue weighted by molar-refractivity contribution is 5.46. The highest BCUT2D eigenvalue weighted by atomic mass is 15.4. The number of aromatic nitrogens is 3. The van der Waals surface area contributed by atoms with Crippen LogP contribution in [0.5, 0.6) is 0 Å². The van der Waals surface area contributed by atoms with E-state index in [0.717, 1.165) is 37.0 Å². The van der Waals surface area contributed by atoms with Gasteiger partial charge in [0.15, 0.2) is 0 Å². The molecule has 0 amide bonds. The molecule has 3 aliphatic rings. The summed E-state index contributed by atoms with van der Waals surface area (Å²) in [6.07, 6.45) is 5.05. The number of rotatable bonds is 3. The van der Waals surface area contributed by atoms with Gasteiger partial charge in [0.25, 0.3) is 0 Å². The van der Waals surface area contributed by atoms with Crippen molar-refractivity contribution in [3.05, 3.63) is 48.2 Å². The lowest BCUT2D eigenvalue weighted by Crippen LogP contribution is -2.69. The average Bonchev–Trinajstić information content (AvgIpc) is 2.55. The Morgan fingerprint density at radius 1 is 1.04 bits per heavy atom. The first-order chi connectivity index (χ1) is 11.5. The van der Waals surface area contributed by atoms with Crippen LogP contribution in [0.25, 0.3) is 0 Å². The number of hydrogen-bond donors (Lipinski definition) is 0. The molecule has 2 bridgehead atoms. The van der Waals surface area contributed by atoms with Crippen LogP contribution in [-0.4, -0.2) is 45.0 Å². The maximum absolute atomic E-state index is 4.84. The van der Waals surface area contributed by atoms with Crippen LogP contribution in [0.4, 0.5) is 5.82 Å². The van der Waals surface area contributed by atoms with Gasteiger partial charge in [-0.2, -0.15) is 0 Å². The zero-order chi connectivity index (χ0) is 16.7. The molecule has 126 valence electrons. The van der Waals surface area contributed by atoms with E-state index in [4.69, 9.17) is 4.98 Å². The summed E-state index contributed by atoms with van der Waals surface area (Å²) in [7, 11) is 0. The van der Waals surface area contributed by atoms with Crippen LogP contribution in [0, 0.1) is 0 Å².